The van der Waals surface area contributed by atoms with Crippen LogP contribution in [0.25, 0.3) is 0 Å². The summed E-state index contributed by atoms with van der Waals surface area (Å²) in [5.41, 5.74) is 7.75. The number of nitrogens with two attached hydrogens (primary N) is 1. The highest BCUT2D eigenvalue weighted by Gasteiger charge is 2.20. The average Bonchev–Trinajstić information content (AvgIpc) is 2.50. The molecule has 0 saturated heterocycles. The second kappa shape index (κ2) is 6.93. The Hall–Kier alpha value is -1.56. The molecule has 0 spiro atoms. The van der Waals surface area contributed by atoms with Crippen LogP contribution < -0.4 is 10.5 Å². The SMILES string of the molecule is COc1cc(C(O)C(N)Cc2ccccc2)cc(Br)c1O. The lowest BCUT2D eigenvalue weighted by molar-refractivity contribution is 0.145. The van der Waals surface area contributed by atoms with Gasteiger partial charge in [0.1, 0.15) is 0 Å². The minimum atomic E-state index is -0.851. The topological polar surface area (TPSA) is 75.7 Å². The highest BCUT2D eigenvalue weighted by Crippen LogP contribution is 2.37. The molecule has 4 nitrogen and oxygen atoms in total. The van der Waals surface area contributed by atoms with Crippen LogP contribution in [0.1, 0.15) is 17.2 Å². The van der Waals surface area contributed by atoms with E-state index in [9.17, 15) is 10.2 Å². The number of rotatable bonds is 5. The molecule has 2 aromatic rings. The highest BCUT2D eigenvalue weighted by atomic mass is 79.9. The average molecular weight is 352 g/mol. The van der Waals surface area contributed by atoms with Crippen molar-refractivity contribution in [1.29, 1.82) is 0 Å². The van der Waals surface area contributed by atoms with E-state index in [0.29, 0.717) is 22.2 Å². The van der Waals surface area contributed by atoms with E-state index < -0.39 is 12.1 Å². The molecule has 0 fully saturated rings. The third-order valence-electron chi connectivity index (χ3n) is 3.33. The molecule has 0 amide bonds. The Morgan fingerprint density at radius 3 is 2.52 bits per heavy atom. The fraction of sp³-hybridized carbons (Fsp3) is 0.250. The molecule has 0 bridgehead atoms. The van der Waals surface area contributed by atoms with E-state index in [0.717, 1.165) is 5.56 Å². The van der Waals surface area contributed by atoms with Gasteiger partial charge in [-0.25, -0.2) is 0 Å². The van der Waals surface area contributed by atoms with Crippen molar-refractivity contribution < 1.29 is 14.9 Å². The zero-order valence-electron chi connectivity index (χ0n) is 11.7. The van der Waals surface area contributed by atoms with E-state index >= 15 is 0 Å². The molecule has 2 unspecified atom stereocenters. The monoisotopic (exact) mass is 351 g/mol. The molecule has 2 rings (SSSR count). The molecule has 112 valence electrons. The van der Waals surface area contributed by atoms with E-state index in [-0.39, 0.29) is 5.75 Å². The predicted molar refractivity (Wildman–Crippen MR) is 85.4 cm³/mol. The Morgan fingerprint density at radius 1 is 1.24 bits per heavy atom. The van der Waals surface area contributed by atoms with Gasteiger partial charge in [-0.2, -0.15) is 0 Å². The van der Waals surface area contributed by atoms with Crippen LogP contribution in [0.3, 0.4) is 0 Å². The maximum absolute atomic E-state index is 10.4. The van der Waals surface area contributed by atoms with E-state index in [1.165, 1.54) is 7.11 Å². The van der Waals surface area contributed by atoms with Crippen molar-refractivity contribution in [3.05, 3.63) is 58.1 Å². The van der Waals surface area contributed by atoms with Crippen molar-refractivity contribution in [1.82, 2.24) is 0 Å². The molecule has 0 aromatic heterocycles. The number of halogens is 1. The molecule has 0 aliphatic carbocycles. The summed E-state index contributed by atoms with van der Waals surface area (Å²) in [5, 5.41) is 20.2. The predicted octanol–water partition coefficient (Wildman–Crippen LogP) is 2.77. The Bertz CT molecular complexity index is 604. The number of methoxy groups -OCH3 is 1. The molecular weight excluding hydrogens is 334 g/mol. The molecule has 0 radical (unpaired) electrons. The lowest BCUT2D eigenvalue weighted by Gasteiger charge is -2.20. The lowest BCUT2D eigenvalue weighted by Crippen LogP contribution is -2.30. The fourth-order valence-corrected chi connectivity index (χ4v) is 2.62. The van der Waals surface area contributed by atoms with Crippen molar-refractivity contribution in [3.8, 4) is 11.5 Å². The van der Waals surface area contributed by atoms with Gasteiger partial charge in [-0.3, -0.25) is 0 Å². The molecule has 4 N–H and O–H groups in total. The Kier molecular flexibility index (Phi) is 5.22. The minimum Gasteiger partial charge on any atom is -0.503 e. The number of hydrogen-bond acceptors (Lipinski definition) is 4. The van der Waals surface area contributed by atoms with Gasteiger partial charge < -0.3 is 20.7 Å². The van der Waals surface area contributed by atoms with Crippen LogP contribution in [-0.2, 0) is 6.42 Å². The first-order valence-corrected chi connectivity index (χ1v) is 7.36. The summed E-state index contributed by atoms with van der Waals surface area (Å²) in [6, 6.07) is 12.5. The number of hydrogen-bond donors (Lipinski definition) is 3. The van der Waals surface area contributed by atoms with Gasteiger partial charge in [0.05, 0.1) is 17.7 Å². The first kappa shape index (κ1) is 15.8. The summed E-state index contributed by atoms with van der Waals surface area (Å²) in [4.78, 5) is 0. The number of benzene rings is 2. The number of aliphatic hydroxyl groups is 1. The van der Waals surface area contributed by atoms with E-state index in [2.05, 4.69) is 15.9 Å². The van der Waals surface area contributed by atoms with Crippen LogP contribution in [0.5, 0.6) is 11.5 Å². The first-order valence-electron chi connectivity index (χ1n) is 6.57. The van der Waals surface area contributed by atoms with Crippen LogP contribution in [0.15, 0.2) is 46.9 Å². The van der Waals surface area contributed by atoms with Gasteiger partial charge in [0.25, 0.3) is 0 Å². The first-order chi connectivity index (χ1) is 10.0. The molecule has 2 atom stereocenters. The summed E-state index contributed by atoms with van der Waals surface area (Å²) in [7, 11) is 1.46. The zero-order valence-corrected chi connectivity index (χ0v) is 13.2. The number of aromatic hydroxyl groups is 1. The maximum Gasteiger partial charge on any atom is 0.172 e. The summed E-state index contributed by atoms with van der Waals surface area (Å²) in [5.74, 6) is 0.301. The standard InChI is InChI=1S/C16H18BrNO3/c1-21-14-9-11(8-12(17)16(14)20)15(19)13(18)7-10-5-3-2-4-6-10/h2-6,8-9,13,15,19-20H,7,18H2,1H3. The third-order valence-corrected chi connectivity index (χ3v) is 3.94. The van der Waals surface area contributed by atoms with Gasteiger partial charge in [0, 0.05) is 6.04 Å². The molecule has 0 aliphatic rings. The largest absolute Gasteiger partial charge is 0.503 e. The molecular formula is C16H18BrNO3. The lowest BCUT2D eigenvalue weighted by atomic mass is 9.96. The van der Waals surface area contributed by atoms with Crippen LogP contribution in [-0.4, -0.2) is 23.4 Å². The van der Waals surface area contributed by atoms with Crippen LogP contribution in [0.4, 0.5) is 0 Å². The van der Waals surface area contributed by atoms with Crippen molar-refractivity contribution in [2.75, 3.05) is 7.11 Å². The smallest absolute Gasteiger partial charge is 0.172 e. The number of aliphatic hydroxyl groups excluding tert-OH is 1. The number of phenols is 1. The summed E-state index contributed by atoms with van der Waals surface area (Å²) in [6.45, 7) is 0. The quantitative estimate of drug-likeness (QED) is 0.774. The molecule has 0 saturated carbocycles. The minimum absolute atomic E-state index is 0.00470. The van der Waals surface area contributed by atoms with Gasteiger partial charge in [-0.15, -0.1) is 0 Å². The second-order valence-corrected chi connectivity index (χ2v) is 5.71. The third kappa shape index (κ3) is 3.75. The Labute approximate surface area is 132 Å². The highest BCUT2D eigenvalue weighted by molar-refractivity contribution is 9.10. The summed E-state index contributed by atoms with van der Waals surface area (Å²) < 4.78 is 5.54. The normalized spacial score (nSPS) is 13.7. The Balaban J connectivity index is 2.19. The second-order valence-electron chi connectivity index (χ2n) is 4.85. The van der Waals surface area contributed by atoms with Crippen LogP contribution in [0.2, 0.25) is 0 Å². The fourth-order valence-electron chi connectivity index (χ4n) is 2.17. The van der Waals surface area contributed by atoms with Gasteiger partial charge in [0.2, 0.25) is 0 Å². The van der Waals surface area contributed by atoms with Gasteiger partial charge in [0.15, 0.2) is 11.5 Å². The number of phenolic OH excluding ortho intramolecular Hbond substituents is 1. The zero-order chi connectivity index (χ0) is 15.4. The van der Waals surface area contributed by atoms with Crippen molar-refractivity contribution in [3.63, 3.8) is 0 Å². The van der Waals surface area contributed by atoms with E-state index in [1.54, 1.807) is 12.1 Å². The maximum atomic E-state index is 10.4. The van der Waals surface area contributed by atoms with Gasteiger partial charge in [-0.05, 0) is 45.6 Å². The van der Waals surface area contributed by atoms with Crippen molar-refractivity contribution >= 4 is 15.9 Å². The Morgan fingerprint density at radius 2 is 1.90 bits per heavy atom. The summed E-state index contributed by atoms with van der Waals surface area (Å²) in [6.07, 6.45) is -0.293. The molecule has 21 heavy (non-hydrogen) atoms. The summed E-state index contributed by atoms with van der Waals surface area (Å²) >= 11 is 3.24. The molecule has 0 aliphatic heterocycles. The van der Waals surface area contributed by atoms with Crippen molar-refractivity contribution in [2.45, 2.75) is 18.6 Å². The van der Waals surface area contributed by atoms with Gasteiger partial charge in [-0.1, -0.05) is 30.3 Å². The molecule has 0 heterocycles. The van der Waals surface area contributed by atoms with E-state index in [4.69, 9.17) is 10.5 Å². The molecule has 5 heteroatoms. The van der Waals surface area contributed by atoms with Crippen molar-refractivity contribution in [2.24, 2.45) is 5.73 Å². The van der Waals surface area contributed by atoms with E-state index in [1.807, 2.05) is 30.3 Å². The van der Waals surface area contributed by atoms with Crippen LogP contribution >= 0.6 is 15.9 Å². The van der Waals surface area contributed by atoms with Gasteiger partial charge >= 0.3 is 0 Å². The van der Waals surface area contributed by atoms with Crippen LogP contribution in [0, 0.1) is 0 Å². The molecule has 2 aromatic carbocycles. The number of ether oxygens (including phenoxy) is 1.